The van der Waals surface area contributed by atoms with Gasteiger partial charge >= 0.3 is 0 Å². The maximum Gasteiger partial charge on any atom is 0.137 e. The van der Waals surface area contributed by atoms with Crippen LogP contribution in [0.2, 0.25) is 0 Å². The average molecular weight is 535 g/mol. The van der Waals surface area contributed by atoms with Gasteiger partial charge in [-0.2, -0.15) is 0 Å². The van der Waals surface area contributed by atoms with Gasteiger partial charge in [0, 0.05) is 16.9 Å². The van der Waals surface area contributed by atoms with E-state index in [2.05, 4.69) is 140 Å². The number of fused-ring (bicyclic) bond motifs is 11. The summed E-state index contributed by atoms with van der Waals surface area (Å²) in [5, 5.41) is 8.80. The predicted octanol–water partition coefficient (Wildman–Crippen LogP) is 10.1. The van der Waals surface area contributed by atoms with Gasteiger partial charge in [0.1, 0.15) is 5.82 Å². The third kappa shape index (κ3) is 3.39. The van der Waals surface area contributed by atoms with Crippen LogP contribution in [0.15, 0.2) is 140 Å². The van der Waals surface area contributed by atoms with Crippen molar-refractivity contribution in [3.05, 3.63) is 156 Å². The molecule has 0 aliphatic heterocycles. The van der Waals surface area contributed by atoms with E-state index in [1.807, 2.05) is 0 Å². The lowest BCUT2D eigenvalue weighted by Gasteiger charge is -2.31. The molecule has 0 bridgehead atoms. The Hall–Kier alpha value is -5.34. The van der Waals surface area contributed by atoms with E-state index in [0.717, 1.165) is 34.4 Å². The third-order valence-electron chi connectivity index (χ3n) is 8.99. The lowest BCUT2D eigenvalue weighted by Crippen LogP contribution is -2.17. The van der Waals surface area contributed by atoms with Crippen molar-refractivity contribution in [1.29, 1.82) is 0 Å². The summed E-state index contributed by atoms with van der Waals surface area (Å²) in [6.45, 7) is 0. The molecule has 0 fully saturated rings. The molecule has 42 heavy (non-hydrogen) atoms. The fourth-order valence-electron chi connectivity index (χ4n) is 7.19. The minimum absolute atomic E-state index is 0.00948. The zero-order valence-corrected chi connectivity index (χ0v) is 23.0. The van der Waals surface area contributed by atoms with Gasteiger partial charge in [-0.3, -0.25) is 0 Å². The molecule has 0 radical (unpaired) electrons. The van der Waals surface area contributed by atoms with Crippen LogP contribution in [0.4, 0.5) is 0 Å². The highest BCUT2D eigenvalue weighted by molar-refractivity contribution is 6.19. The Morgan fingerprint density at radius 3 is 1.88 bits per heavy atom. The molecule has 1 aliphatic rings. The Morgan fingerprint density at radius 1 is 0.452 bits per heavy atom. The predicted molar refractivity (Wildman–Crippen MR) is 175 cm³/mol. The highest BCUT2D eigenvalue weighted by Crippen LogP contribution is 2.51. The van der Waals surface area contributed by atoms with Crippen molar-refractivity contribution in [3.63, 3.8) is 0 Å². The molecule has 0 spiro atoms. The molecule has 1 aromatic heterocycles. The van der Waals surface area contributed by atoms with Crippen LogP contribution in [0.5, 0.6) is 0 Å². The minimum atomic E-state index is 0.00948. The molecule has 7 aromatic carbocycles. The van der Waals surface area contributed by atoms with Crippen LogP contribution in [0.3, 0.4) is 0 Å². The van der Waals surface area contributed by atoms with Gasteiger partial charge in [-0.15, -0.1) is 0 Å². The topological polar surface area (TPSA) is 25.8 Å². The molecule has 0 amide bonds. The molecule has 0 saturated carbocycles. The summed E-state index contributed by atoms with van der Waals surface area (Å²) in [4.78, 5) is 10.7. The van der Waals surface area contributed by atoms with Crippen LogP contribution in [0.1, 0.15) is 22.9 Å². The summed E-state index contributed by atoms with van der Waals surface area (Å²) in [6, 6.07) is 50.1. The van der Waals surface area contributed by atoms with E-state index >= 15 is 0 Å². The Labute approximate surface area is 243 Å². The molecular formula is C40H26N2. The minimum Gasteiger partial charge on any atom is -0.232 e. The summed E-state index contributed by atoms with van der Waals surface area (Å²) in [5.41, 5.74) is 8.45. The van der Waals surface area contributed by atoms with Crippen molar-refractivity contribution >= 4 is 43.2 Å². The second kappa shape index (κ2) is 9.09. The van der Waals surface area contributed by atoms with Crippen LogP contribution in [0, 0.1) is 0 Å². The van der Waals surface area contributed by atoms with Crippen LogP contribution in [-0.4, -0.2) is 9.97 Å². The van der Waals surface area contributed by atoms with Crippen molar-refractivity contribution in [2.75, 3.05) is 0 Å². The summed E-state index contributed by atoms with van der Waals surface area (Å²) in [6.07, 6.45) is 0.849. The SMILES string of the molecule is c1ccc(-c2nc(C3Cc4ccc5ccccc5c4-c4c3c3ccccc3c3ccccc43)nc3ccccc23)cc1. The van der Waals surface area contributed by atoms with E-state index in [-0.39, 0.29) is 5.92 Å². The van der Waals surface area contributed by atoms with Gasteiger partial charge in [0.25, 0.3) is 0 Å². The number of aromatic nitrogens is 2. The molecule has 1 aliphatic carbocycles. The second-order valence-electron chi connectivity index (χ2n) is 11.3. The Balaban J connectivity index is 1.43. The third-order valence-corrected chi connectivity index (χ3v) is 8.99. The van der Waals surface area contributed by atoms with E-state index < -0.39 is 0 Å². The fraction of sp³-hybridized carbons (Fsp3) is 0.0500. The van der Waals surface area contributed by atoms with Gasteiger partial charge in [-0.25, -0.2) is 9.97 Å². The van der Waals surface area contributed by atoms with E-state index in [4.69, 9.17) is 9.97 Å². The average Bonchev–Trinajstić information content (AvgIpc) is 3.07. The molecule has 1 heterocycles. The van der Waals surface area contributed by atoms with Crippen LogP contribution >= 0.6 is 0 Å². The first-order valence-electron chi connectivity index (χ1n) is 14.6. The standard InChI is InChI=1S/C40H26N2/c1-2-13-26(14-3-1)39-33-20-10-11-21-35(33)41-40(42-39)34-24-27-23-22-25-12-4-5-15-28(25)36(27)38-32-19-9-7-17-30(32)29-16-6-8-18-31(29)37(34)38/h1-23,34H,24H2. The largest absolute Gasteiger partial charge is 0.232 e. The number of hydrogen-bond donors (Lipinski definition) is 0. The van der Waals surface area contributed by atoms with Crippen LogP contribution < -0.4 is 0 Å². The van der Waals surface area contributed by atoms with Crippen LogP contribution in [0.25, 0.3) is 65.6 Å². The van der Waals surface area contributed by atoms with Crippen molar-refractivity contribution in [3.8, 4) is 22.4 Å². The van der Waals surface area contributed by atoms with Gasteiger partial charge in [-0.1, -0.05) is 133 Å². The quantitative estimate of drug-likeness (QED) is 0.206. The Morgan fingerprint density at radius 2 is 1.07 bits per heavy atom. The van der Waals surface area contributed by atoms with Crippen LogP contribution in [-0.2, 0) is 6.42 Å². The lowest BCUT2D eigenvalue weighted by atomic mass is 9.72. The smallest absolute Gasteiger partial charge is 0.137 e. The first-order valence-corrected chi connectivity index (χ1v) is 14.6. The zero-order valence-electron chi connectivity index (χ0n) is 23.0. The Kier molecular flexibility index (Phi) is 5.06. The van der Waals surface area contributed by atoms with Crippen molar-refractivity contribution in [1.82, 2.24) is 9.97 Å². The van der Waals surface area contributed by atoms with Gasteiger partial charge in [0.2, 0.25) is 0 Å². The molecule has 2 nitrogen and oxygen atoms in total. The molecule has 9 rings (SSSR count). The number of para-hydroxylation sites is 1. The van der Waals surface area contributed by atoms with Crippen molar-refractivity contribution < 1.29 is 0 Å². The summed E-state index contributed by atoms with van der Waals surface area (Å²) in [5.74, 6) is 0.892. The molecule has 8 aromatic rings. The molecule has 1 atom stereocenters. The monoisotopic (exact) mass is 534 g/mol. The lowest BCUT2D eigenvalue weighted by molar-refractivity contribution is 0.744. The fourth-order valence-corrected chi connectivity index (χ4v) is 7.19. The summed E-state index contributed by atoms with van der Waals surface area (Å²) >= 11 is 0. The van der Waals surface area contributed by atoms with E-state index in [0.29, 0.717) is 0 Å². The maximum absolute atomic E-state index is 5.40. The first kappa shape index (κ1) is 23.4. The van der Waals surface area contributed by atoms with E-state index in [9.17, 15) is 0 Å². The molecule has 0 N–H and O–H groups in total. The molecule has 2 heteroatoms. The van der Waals surface area contributed by atoms with Gasteiger partial charge in [-0.05, 0) is 67.1 Å². The normalized spacial score (nSPS) is 14.3. The summed E-state index contributed by atoms with van der Waals surface area (Å²) in [7, 11) is 0. The van der Waals surface area contributed by atoms with Crippen molar-refractivity contribution in [2.45, 2.75) is 12.3 Å². The number of nitrogens with zero attached hydrogens (tertiary/aromatic N) is 2. The van der Waals surface area contributed by atoms with Gasteiger partial charge < -0.3 is 0 Å². The second-order valence-corrected chi connectivity index (χ2v) is 11.3. The highest BCUT2D eigenvalue weighted by atomic mass is 14.9. The Bertz CT molecular complexity index is 2340. The first-order chi connectivity index (χ1) is 20.8. The summed E-state index contributed by atoms with van der Waals surface area (Å²) < 4.78 is 0. The maximum atomic E-state index is 5.40. The van der Waals surface area contributed by atoms with Gasteiger partial charge in [0.15, 0.2) is 0 Å². The molecule has 196 valence electrons. The van der Waals surface area contributed by atoms with Gasteiger partial charge in [0.05, 0.1) is 11.2 Å². The highest BCUT2D eigenvalue weighted by Gasteiger charge is 2.33. The number of hydrogen-bond acceptors (Lipinski definition) is 2. The zero-order chi connectivity index (χ0) is 27.6. The number of rotatable bonds is 2. The molecule has 1 unspecified atom stereocenters. The van der Waals surface area contributed by atoms with E-state index in [1.165, 1.54) is 54.6 Å². The number of benzene rings is 7. The van der Waals surface area contributed by atoms with E-state index in [1.54, 1.807) is 0 Å². The van der Waals surface area contributed by atoms with Crippen molar-refractivity contribution in [2.24, 2.45) is 0 Å². The molecule has 0 saturated heterocycles. The molecular weight excluding hydrogens is 508 g/mol.